The van der Waals surface area contributed by atoms with Gasteiger partial charge in [0.05, 0.1) is 0 Å². The van der Waals surface area contributed by atoms with E-state index in [9.17, 15) is 14.0 Å². The molecule has 4 rings (SSSR count). The van der Waals surface area contributed by atoms with Gasteiger partial charge in [-0.25, -0.2) is 14.4 Å². The first kappa shape index (κ1) is 19.5. The van der Waals surface area contributed by atoms with E-state index in [0.29, 0.717) is 35.7 Å². The Bertz CT molecular complexity index is 1120. The summed E-state index contributed by atoms with van der Waals surface area (Å²) < 4.78 is 14.0. The molecule has 3 aromatic rings. The molecule has 1 saturated heterocycles. The van der Waals surface area contributed by atoms with Crippen LogP contribution in [0.25, 0.3) is 10.9 Å². The largest absolute Gasteiger partial charge is 0.350 e. The number of para-hydroxylation sites is 1. The van der Waals surface area contributed by atoms with Gasteiger partial charge in [-0.1, -0.05) is 18.7 Å². The van der Waals surface area contributed by atoms with Gasteiger partial charge in [0.15, 0.2) is 0 Å². The second-order valence-corrected chi connectivity index (χ2v) is 7.02. The third-order valence-corrected chi connectivity index (χ3v) is 4.96. The SMILES string of the molecule is C=CC(=O)Nc1ccc(C(=O)N2CC[C@@H](Nc3ncc4cccc(F)c4n3)C2)cc1. The van der Waals surface area contributed by atoms with Crippen LogP contribution in [0.4, 0.5) is 16.0 Å². The minimum Gasteiger partial charge on any atom is -0.350 e. The van der Waals surface area contributed by atoms with Crippen LogP contribution < -0.4 is 10.6 Å². The maximum Gasteiger partial charge on any atom is 0.253 e. The summed E-state index contributed by atoms with van der Waals surface area (Å²) in [5.74, 6) is -0.451. The summed E-state index contributed by atoms with van der Waals surface area (Å²) in [6, 6.07) is 11.4. The van der Waals surface area contributed by atoms with Crippen LogP contribution in [0.2, 0.25) is 0 Å². The van der Waals surface area contributed by atoms with Crippen molar-refractivity contribution in [2.75, 3.05) is 23.7 Å². The van der Waals surface area contributed by atoms with Gasteiger partial charge in [-0.3, -0.25) is 9.59 Å². The highest BCUT2D eigenvalue weighted by molar-refractivity contribution is 5.99. The number of amides is 2. The van der Waals surface area contributed by atoms with E-state index in [2.05, 4.69) is 27.2 Å². The van der Waals surface area contributed by atoms with Crippen molar-refractivity contribution in [2.45, 2.75) is 12.5 Å². The minimum absolute atomic E-state index is 0.0238. The molecule has 0 radical (unpaired) electrons. The highest BCUT2D eigenvalue weighted by Crippen LogP contribution is 2.20. The van der Waals surface area contributed by atoms with Crippen molar-refractivity contribution in [1.29, 1.82) is 0 Å². The van der Waals surface area contributed by atoms with Gasteiger partial charge in [-0.2, -0.15) is 0 Å². The number of carbonyl (C=O) groups excluding carboxylic acids is 2. The predicted molar refractivity (Wildman–Crippen MR) is 113 cm³/mol. The van der Waals surface area contributed by atoms with Gasteiger partial charge in [0.25, 0.3) is 5.91 Å². The van der Waals surface area contributed by atoms with E-state index < -0.39 is 5.82 Å². The Labute approximate surface area is 172 Å². The lowest BCUT2D eigenvalue weighted by Crippen LogP contribution is -2.31. The van der Waals surface area contributed by atoms with Crippen molar-refractivity contribution in [3.05, 3.63) is 72.7 Å². The van der Waals surface area contributed by atoms with E-state index in [1.807, 2.05) is 0 Å². The zero-order valence-electron chi connectivity index (χ0n) is 16.1. The Morgan fingerprint density at radius 3 is 2.77 bits per heavy atom. The van der Waals surface area contributed by atoms with Gasteiger partial charge in [-0.15, -0.1) is 0 Å². The topological polar surface area (TPSA) is 87.2 Å². The predicted octanol–water partition coefficient (Wildman–Crippen LogP) is 3.22. The van der Waals surface area contributed by atoms with Crippen molar-refractivity contribution >= 4 is 34.4 Å². The number of likely N-dealkylation sites (tertiary alicyclic amines) is 1. The molecule has 0 bridgehead atoms. The number of hydrogen-bond donors (Lipinski definition) is 2. The zero-order chi connectivity index (χ0) is 21.1. The molecule has 0 unspecified atom stereocenters. The van der Waals surface area contributed by atoms with Gasteiger partial charge < -0.3 is 15.5 Å². The van der Waals surface area contributed by atoms with E-state index in [1.54, 1.807) is 47.5 Å². The number of fused-ring (bicyclic) bond motifs is 1. The summed E-state index contributed by atoms with van der Waals surface area (Å²) in [5, 5.41) is 6.48. The molecule has 2 aromatic carbocycles. The van der Waals surface area contributed by atoms with Crippen LogP contribution in [0.15, 0.2) is 61.3 Å². The van der Waals surface area contributed by atoms with Gasteiger partial charge in [0.2, 0.25) is 11.9 Å². The van der Waals surface area contributed by atoms with E-state index in [0.717, 1.165) is 6.42 Å². The van der Waals surface area contributed by atoms with Crippen molar-refractivity contribution in [1.82, 2.24) is 14.9 Å². The molecule has 1 fully saturated rings. The molecule has 0 spiro atoms. The summed E-state index contributed by atoms with van der Waals surface area (Å²) >= 11 is 0. The number of rotatable bonds is 5. The van der Waals surface area contributed by atoms with E-state index in [-0.39, 0.29) is 23.4 Å². The van der Waals surface area contributed by atoms with Crippen LogP contribution in [0.3, 0.4) is 0 Å². The maximum atomic E-state index is 14.0. The first-order chi connectivity index (χ1) is 14.5. The van der Waals surface area contributed by atoms with Gasteiger partial charge >= 0.3 is 0 Å². The lowest BCUT2D eigenvalue weighted by atomic mass is 10.2. The molecule has 2 heterocycles. The fourth-order valence-corrected chi connectivity index (χ4v) is 3.41. The maximum absolute atomic E-state index is 14.0. The van der Waals surface area contributed by atoms with E-state index >= 15 is 0 Å². The second kappa shape index (κ2) is 8.28. The summed E-state index contributed by atoms with van der Waals surface area (Å²) in [7, 11) is 0. The average Bonchev–Trinajstić information content (AvgIpc) is 3.23. The molecular weight excluding hydrogens is 385 g/mol. The highest BCUT2D eigenvalue weighted by atomic mass is 19.1. The van der Waals surface area contributed by atoms with Crippen molar-refractivity contribution in [3.8, 4) is 0 Å². The molecule has 152 valence electrons. The Morgan fingerprint density at radius 1 is 1.20 bits per heavy atom. The molecule has 2 amide bonds. The Morgan fingerprint density at radius 2 is 2.00 bits per heavy atom. The summed E-state index contributed by atoms with van der Waals surface area (Å²) in [6.45, 7) is 4.49. The van der Waals surface area contributed by atoms with Crippen molar-refractivity contribution in [2.24, 2.45) is 0 Å². The number of nitrogens with zero attached hydrogens (tertiary/aromatic N) is 3. The van der Waals surface area contributed by atoms with Crippen LogP contribution in [-0.2, 0) is 4.79 Å². The first-order valence-corrected chi connectivity index (χ1v) is 9.54. The Balaban J connectivity index is 1.39. The van der Waals surface area contributed by atoms with Crippen LogP contribution >= 0.6 is 0 Å². The molecule has 0 aliphatic carbocycles. The van der Waals surface area contributed by atoms with Gasteiger partial charge in [0.1, 0.15) is 11.3 Å². The first-order valence-electron chi connectivity index (χ1n) is 9.54. The number of carbonyl (C=O) groups is 2. The normalized spacial score (nSPS) is 15.8. The standard InChI is InChI=1S/C22H20FN5O2/c1-2-19(29)25-16-8-6-14(7-9-16)21(30)28-11-10-17(13-28)26-22-24-12-15-4-3-5-18(23)20(15)27-22/h2-9,12,17H,1,10-11,13H2,(H,25,29)(H,24,26,27)/t17-/m1/s1. The average molecular weight is 405 g/mol. The number of benzene rings is 2. The molecular formula is C22H20FN5O2. The molecule has 2 N–H and O–H groups in total. The summed E-state index contributed by atoms with van der Waals surface area (Å²) in [5.41, 5.74) is 1.40. The third-order valence-electron chi connectivity index (χ3n) is 4.96. The zero-order valence-corrected chi connectivity index (χ0v) is 16.1. The smallest absolute Gasteiger partial charge is 0.253 e. The monoisotopic (exact) mass is 405 g/mol. The molecule has 1 aliphatic heterocycles. The van der Waals surface area contributed by atoms with Crippen LogP contribution in [0, 0.1) is 5.82 Å². The fraction of sp³-hybridized carbons (Fsp3) is 0.182. The van der Waals surface area contributed by atoms with Gasteiger partial charge in [-0.05, 0) is 42.8 Å². The molecule has 1 atom stereocenters. The molecule has 1 aromatic heterocycles. The van der Waals surface area contributed by atoms with E-state index in [4.69, 9.17) is 0 Å². The number of anilines is 2. The summed E-state index contributed by atoms with van der Waals surface area (Å²) in [4.78, 5) is 34.4. The third kappa shape index (κ3) is 4.12. The lowest BCUT2D eigenvalue weighted by molar-refractivity contribution is -0.111. The number of halogens is 1. The second-order valence-electron chi connectivity index (χ2n) is 7.02. The number of aromatic nitrogens is 2. The highest BCUT2D eigenvalue weighted by Gasteiger charge is 2.27. The summed E-state index contributed by atoms with van der Waals surface area (Å²) in [6.07, 6.45) is 3.50. The fourth-order valence-electron chi connectivity index (χ4n) is 3.41. The van der Waals surface area contributed by atoms with Crippen LogP contribution in [-0.4, -0.2) is 45.8 Å². The molecule has 7 nitrogen and oxygen atoms in total. The Hall–Kier alpha value is -3.81. The van der Waals surface area contributed by atoms with Crippen LogP contribution in [0.1, 0.15) is 16.8 Å². The lowest BCUT2D eigenvalue weighted by Gasteiger charge is -2.17. The van der Waals surface area contributed by atoms with Gasteiger partial charge in [0, 0.05) is 42.0 Å². The molecule has 1 aliphatic rings. The van der Waals surface area contributed by atoms with Crippen molar-refractivity contribution in [3.63, 3.8) is 0 Å². The van der Waals surface area contributed by atoms with Crippen molar-refractivity contribution < 1.29 is 14.0 Å². The minimum atomic E-state index is -0.395. The van der Waals surface area contributed by atoms with E-state index in [1.165, 1.54) is 12.1 Å². The quantitative estimate of drug-likeness (QED) is 0.637. The molecule has 30 heavy (non-hydrogen) atoms. The molecule has 8 heteroatoms. The Kier molecular flexibility index (Phi) is 5.38. The number of hydrogen-bond acceptors (Lipinski definition) is 5. The van der Waals surface area contributed by atoms with Crippen LogP contribution in [0.5, 0.6) is 0 Å². The number of nitrogens with one attached hydrogen (secondary N) is 2. The molecule has 0 saturated carbocycles.